The molecule has 0 aliphatic rings. The second-order valence-electron chi connectivity index (χ2n) is 7.47. The highest BCUT2D eigenvalue weighted by molar-refractivity contribution is 5.97. The summed E-state index contributed by atoms with van der Waals surface area (Å²) in [7, 11) is 0. The van der Waals surface area contributed by atoms with Gasteiger partial charge in [-0.3, -0.25) is 4.57 Å². The molecule has 0 amide bonds. The van der Waals surface area contributed by atoms with E-state index >= 15 is 4.39 Å². The molecule has 0 aliphatic carbocycles. The van der Waals surface area contributed by atoms with Crippen LogP contribution in [0.2, 0.25) is 0 Å². The van der Waals surface area contributed by atoms with Gasteiger partial charge in [-0.15, -0.1) is 0 Å². The largest absolute Gasteiger partial charge is 0.465 e. The van der Waals surface area contributed by atoms with E-state index in [1.165, 1.54) is 18.4 Å². The Morgan fingerprint density at radius 1 is 1.26 bits per heavy atom. The molecule has 1 N–H and O–H groups in total. The van der Waals surface area contributed by atoms with E-state index in [9.17, 15) is 4.79 Å². The minimum Gasteiger partial charge on any atom is -0.465 e. The summed E-state index contributed by atoms with van der Waals surface area (Å²) in [4.78, 5) is 16.9. The van der Waals surface area contributed by atoms with Crippen molar-refractivity contribution in [2.24, 2.45) is 5.16 Å². The molecule has 7 nitrogen and oxygen atoms in total. The van der Waals surface area contributed by atoms with Crippen LogP contribution in [-0.2, 0) is 11.3 Å². The van der Waals surface area contributed by atoms with E-state index in [-0.39, 0.29) is 12.6 Å². The van der Waals surface area contributed by atoms with Crippen molar-refractivity contribution >= 4 is 18.3 Å². The number of aromatic nitrogens is 2. The maximum Gasteiger partial charge on any atom is 0.338 e. The van der Waals surface area contributed by atoms with Crippen LogP contribution in [0, 0.1) is 5.82 Å². The molecule has 0 fully saturated rings. The smallest absolute Gasteiger partial charge is 0.338 e. The molecule has 1 aromatic heterocycles. The van der Waals surface area contributed by atoms with Crippen LogP contribution in [0.5, 0.6) is 6.01 Å². The maximum atomic E-state index is 15.2. The molecule has 3 aromatic rings. The standard InChI is InChI=1S/C26H28FN3O4/c1-4-7-14-34-25(31)21-11-9-8-10-20(21)18-12-13-19(22(27)15-18)17-30-24(16-28-32)23(5-2)29-26(30)33-6-3/h5,8-13,15-16,32H,2,4,6-7,14,17H2,1,3H3. The van der Waals surface area contributed by atoms with Gasteiger partial charge in [0.25, 0.3) is 6.01 Å². The molecule has 0 radical (unpaired) electrons. The lowest BCUT2D eigenvalue weighted by atomic mass is 9.98. The molecule has 0 unspecified atom stereocenters. The van der Waals surface area contributed by atoms with Crippen molar-refractivity contribution in [2.75, 3.05) is 13.2 Å². The number of carbonyl (C=O) groups is 1. The average molecular weight is 466 g/mol. The van der Waals surface area contributed by atoms with Gasteiger partial charge in [0.15, 0.2) is 0 Å². The van der Waals surface area contributed by atoms with Crippen molar-refractivity contribution in [3.8, 4) is 17.1 Å². The van der Waals surface area contributed by atoms with Gasteiger partial charge in [0.1, 0.15) is 5.82 Å². The van der Waals surface area contributed by atoms with E-state index in [0.717, 1.165) is 12.8 Å². The molecule has 34 heavy (non-hydrogen) atoms. The van der Waals surface area contributed by atoms with Crippen LogP contribution < -0.4 is 4.74 Å². The molecule has 0 saturated carbocycles. The third-order valence-corrected chi connectivity index (χ3v) is 5.22. The fourth-order valence-corrected chi connectivity index (χ4v) is 3.51. The Kier molecular flexibility index (Phi) is 8.56. The van der Waals surface area contributed by atoms with Crippen LogP contribution in [0.3, 0.4) is 0 Å². The number of hydrogen-bond acceptors (Lipinski definition) is 6. The first kappa shape index (κ1) is 24.7. The Bertz CT molecular complexity index is 1190. The Hall–Kier alpha value is -3.94. The van der Waals surface area contributed by atoms with Crippen molar-refractivity contribution in [3.05, 3.63) is 77.4 Å². The number of oxime groups is 1. The van der Waals surface area contributed by atoms with E-state index in [0.29, 0.717) is 46.9 Å². The summed E-state index contributed by atoms with van der Waals surface area (Å²) in [5.41, 5.74) is 2.79. The SMILES string of the molecule is C=Cc1nc(OCC)n(Cc2ccc(-c3ccccc3C(=O)OCCCC)cc2F)c1C=NO. The quantitative estimate of drug-likeness (QED) is 0.132. The zero-order chi connectivity index (χ0) is 24.5. The van der Waals surface area contributed by atoms with Gasteiger partial charge in [-0.25, -0.2) is 9.18 Å². The van der Waals surface area contributed by atoms with E-state index in [1.54, 1.807) is 41.0 Å². The van der Waals surface area contributed by atoms with Gasteiger partial charge in [-0.1, -0.05) is 55.4 Å². The Labute approximate surface area is 198 Å². The fraction of sp³-hybridized carbons (Fsp3) is 0.269. The Morgan fingerprint density at radius 2 is 2.06 bits per heavy atom. The van der Waals surface area contributed by atoms with Gasteiger partial charge in [-0.05, 0) is 42.7 Å². The molecule has 3 rings (SSSR count). The molecule has 178 valence electrons. The second-order valence-corrected chi connectivity index (χ2v) is 7.47. The highest BCUT2D eigenvalue weighted by Crippen LogP contribution is 2.28. The van der Waals surface area contributed by atoms with Crippen LogP contribution in [0.15, 0.2) is 54.2 Å². The second kappa shape index (κ2) is 11.8. The first-order valence-electron chi connectivity index (χ1n) is 11.1. The zero-order valence-corrected chi connectivity index (χ0v) is 19.3. The minimum atomic E-state index is -0.463. The summed E-state index contributed by atoms with van der Waals surface area (Å²) < 4.78 is 27.8. The summed E-state index contributed by atoms with van der Waals surface area (Å²) >= 11 is 0. The molecule has 0 aliphatic heterocycles. The Balaban J connectivity index is 1.95. The van der Waals surface area contributed by atoms with Crippen LogP contribution in [0.1, 0.15) is 54.0 Å². The molecule has 0 bridgehead atoms. The first-order chi connectivity index (χ1) is 16.5. The number of imidazole rings is 1. The lowest BCUT2D eigenvalue weighted by Gasteiger charge is -2.13. The number of ether oxygens (including phenoxy) is 2. The normalized spacial score (nSPS) is 11.0. The van der Waals surface area contributed by atoms with Crippen LogP contribution in [0.4, 0.5) is 4.39 Å². The zero-order valence-electron chi connectivity index (χ0n) is 19.3. The van der Waals surface area contributed by atoms with Gasteiger partial charge < -0.3 is 14.7 Å². The van der Waals surface area contributed by atoms with Crippen molar-refractivity contribution in [3.63, 3.8) is 0 Å². The number of benzene rings is 2. The number of nitrogens with zero attached hydrogens (tertiary/aromatic N) is 3. The van der Waals surface area contributed by atoms with Crippen LogP contribution >= 0.6 is 0 Å². The van der Waals surface area contributed by atoms with E-state index in [4.69, 9.17) is 14.7 Å². The van der Waals surface area contributed by atoms with E-state index in [2.05, 4.69) is 16.7 Å². The van der Waals surface area contributed by atoms with Gasteiger partial charge in [0.05, 0.1) is 42.9 Å². The van der Waals surface area contributed by atoms with Gasteiger partial charge in [-0.2, -0.15) is 4.98 Å². The van der Waals surface area contributed by atoms with Crippen molar-refractivity contribution in [1.82, 2.24) is 9.55 Å². The van der Waals surface area contributed by atoms with E-state index in [1.807, 2.05) is 13.8 Å². The molecule has 2 aromatic carbocycles. The topological polar surface area (TPSA) is 85.9 Å². The first-order valence-corrected chi connectivity index (χ1v) is 11.1. The molecule has 0 atom stereocenters. The molecule has 0 saturated heterocycles. The maximum absolute atomic E-state index is 15.2. The summed E-state index contributed by atoms with van der Waals surface area (Å²) in [5, 5.41) is 12.2. The third-order valence-electron chi connectivity index (χ3n) is 5.22. The highest BCUT2D eigenvalue weighted by atomic mass is 19.1. The van der Waals surface area contributed by atoms with Gasteiger partial charge >= 0.3 is 5.97 Å². The van der Waals surface area contributed by atoms with Crippen molar-refractivity contribution < 1.29 is 23.9 Å². The lowest BCUT2D eigenvalue weighted by molar-refractivity contribution is 0.0500. The number of halogens is 1. The minimum absolute atomic E-state index is 0.0876. The summed E-state index contributed by atoms with van der Waals surface area (Å²) in [6.45, 7) is 8.34. The number of rotatable bonds is 11. The lowest BCUT2D eigenvalue weighted by Crippen LogP contribution is -2.10. The number of carbonyl (C=O) groups excluding carboxylic acids is 1. The summed E-state index contributed by atoms with van der Waals surface area (Å²) in [5.74, 6) is -0.895. The third kappa shape index (κ3) is 5.51. The monoisotopic (exact) mass is 465 g/mol. The predicted molar refractivity (Wildman–Crippen MR) is 129 cm³/mol. The van der Waals surface area contributed by atoms with Gasteiger partial charge in [0.2, 0.25) is 0 Å². The van der Waals surface area contributed by atoms with Crippen molar-refractivity contribution in [2.45, 2.75) is 33.2 Å². The Morgan fingerprint density at radius 3 is 2.74 bits per heavy atom. The van der Waals surface area contributed by atoms with Gasteiger partial charge in [0, 0.05) is 5.56 Å². The average Bonchev–Trinajstić information content (AvgIpc) is 3.17. The van der Waals surface area contributed by atoms with Crippen LogP contribution in [0.25, 0.3) is 17.2 Å². The number of unbranched alkanes of at least 4 members (excludes halogenated alkanes) is 1. The molecular formula is C26H28FN3O4. The molecule has 8 heteroatoms. The summed E-state index contributed by atoms with van der Waals surface area (Å²) in [6.07, 6.45) is 4.42. The molecule has 1 heterocycles. The number of hydrogen-bond donors (Lipinski definition) is 1. The number of esters is 1. The van der Waals surface area contributed by atoms with Crippen LogP contribution in [-0.4, -0.2) is 40.2 Å². The summed E-state index contributed by atoms with van der Waals surface area (Å²) in [6, 6.07) is 12.0. The van der Waals surface area contributed by atoms with Crippen molar-refractivity contribution in [1.29, 1.82) is 0 Å². The molecule has 0 spiro atoms. The molecular weight excluding hydrogens is 437 g/mol. The fourth-order valence-electron chi connectivity index (χ4n) is 3.51. The van der Waals surface area contributed by atoms with E-state index < -0.39 is 11.8 Å². The predicted octanol–water partition coefficient (Wildman–Crippen LogP) is 5.54. The highest BCUT2D eigenvalue weighted by Gasteiger charge is 2.19.